The molecule has 0 aromatic rings. The van der Waals surface area contributed by atoms with Crippen molar-refractivity contribution >= 4 is 12.0 Å². The number of carboxylic acid groups (broad SMARTS) is 1. The van der Waals surface area contributed by atoms with Crippen molar-refractivity contribution < 1.29 is 14.7 Å². The van der Waals surface area contributed by atoms with Crippen LogP contribution in [0.3, 0.4) is 0 Å². The van der Waals surface area contributed by atoms with E-state index in [1.54, 1.807) is 6.92 Å². The van der Waals surface area contributed by atoms with Crippen molar-refractivity contribution in [2.75, 3.05) is 13.1 Å². The van der Waals surface area contributed by atoms with Crippen LogP contribution in [0.4, 0.5) is 4.79 Å². The van der Waals surface area contributed by atoms with Gasteiger partial charge in [-0.25, -0.2) is 4.79 Å². The predicted molar refractivity (Wildman–Crippen MR) is 69.5 cm³/mol. The molecule has 1 fully saturated rings. The van der Waals surface area contributed by atoms with Gasteiger partial charge in [-0.2, -0.15) is 0 Å². The SMILES string of the molecule is CCN(CC(=O)O)C(=O)NC1CCCCCC1C. The monoisotopic (exact) mass is 256 g/mol. The first kappa shape index (κ1) is 14.8. The number of hydrogen-bond donors (Lipinski definition) is 2. The topological polar surface area (TPSA) is 69.6 Å². The number of urea groups is 1. The molecule has 2 N–H and O–H groups in total. The number of nitrogens with zero attached hydrogens (tertiary/aromatic N) is 1. The molecule has 0 aromatic carbocycles. The van der Waals surface area contributed by atoms with Gasteiger partial charge in [0, 0.05) is 12.6 Å². The van der Waals surface area contributed by atoms with Gasteiger partial charge in [-0.3, -0.25) is 4.79 Å². The Labute approximate surface area is 109 Å². The summed E-state index contributed by atoms with van der Waals surface area (Å²) in [6, 6.07) is -0.0681. The van der Waals surface area contributed by atoms with E-state index in [0.717, 1.165) is 19.3 Å². The molecular formula is C13H24N2O3. The molecule has 104 valence electrons. The molecule has 0 heterocycles. The molecule has 5 nitrogen and oxygen atoms in total. The highest BCUT2D eigenvalue weighted by molar-refractivity contribution is 5.80. The first-order valence-corrected chi connectivity index (χ1v) is 6.81. The third kappa shape index (κ3) is 4.55. The summed E-state index contributed by atoms with van der Waals surface area (Å²) in [5.74, 6) is -0.499. The summed E-state index contributed by atoms with van der Waals surface area (Å²) in [7, 11) is 0. The van der Waals surface area contributed by atoms with Gasteiger partial charge in [-0.05, 0) is 25.7 Å². The molecule has 0 radical (unpaired) electrons. The molecule has 0 aliphatic heterocycles. The Morgan fingerprint density at radius 3 is 2.56 bits per heavy atom. The van der Waals surface area contributed by atoms with Crippen LogP contribution >= 0.6 is 0 Å². The maximum atomic E-state index is 12.0. The Bertz CT molecular complexity index is 294. The van der Waals surface area contributed by atoms with Gasteiger partial charge in [0.2, 0.25) is 0 Å². The molecule has 2 atom stereocenters. The zero-order valence-electron chi connectivity index (χ0n) is 11.3. The molecule has 2 unspecified atom stereocenters. The Balaban J connectivity index is 2.52. The highest BCUT2D eigenvalue weighted by atomic mass is 16.4. The molecular weight excluding hydrogens is 232 g/mol. The second kappa shape index (κ2) is 7.24. The first-order chi connectivity index (χ1) is 8.54. The van der Waals surface area contributed by atoms with Gasteiger partial charge >= 0.3 is 12.0 Å². The van der Waals surface area contributed by atoms with E-state index in [1.807, 2.05) is 0 Å². The number of likely N-dealkylation sites (N-methyl/N-ethyl adjacent to an activating group) is 1. The fraction of sp³-hybridized carbons (Fsp3) is 0.846. The van der Waals surface area contributed by atoms with E-state index in [0.29, 0.717) is 12.5 Å². The normalized spacial score (nSPS) is 24.1. The van der Waals surface area contributed by atoms with Crippen molar-refractivity contribution in [1.82, 2.24) is 10.2 Å². The van der Waals surface area contributed by atoms with Crippen LogP contribution in [-0.4, -0.2) is 41.1 Å². The summed E-state index contributed by atoms with van der Waals surface area (Å²) < 4.78 is 0. The van der Waals surface area contributed by atoms with E-state index < -0.39 is 5.97 Å². The summed E-state index contributed by atoms with van der Waals surface area (Å²) in [5, 5.41) is 11.7. The zero-order valence-corrected chi connectivity index (χ0v) is 11.3. The quantitative estimate of drug-likeness (QED) is 0.756. The van der Waals surface area contributed by atoms with Gasteiger partial charge in [-0.1, -0.05) is 26.2 Å². The predicted octanol–water partition coefficient (Wildman–Crippen LogP) is 2.07. The molecule has 0 aromatic heterocycles. The summed E-state index contributed by atoms with van der Waals surface area (Å²) in [5.41, 5.74) is 0. The van der Waals surface area contributed by atoms with Crippen LogP contribution < -0.4 is 5.32 Å². The Morgan fingerprint density at radius 2 is 1.94 bits per heavy atom. The zero-order chi connectivity index (χ0) is 13.5. The highest BCUT2D eigenvalue weighted by Crippen LogP contribution is 2.23. The van der Waals surface area contributed by atoms with Crippen molar-refractivity contribution in [3.05, 3.63) is 0 Å². The second-order valence-electron chi connectivity index (χ2n) is 5.08. The molecule has 1 saturated carbocycles. The molecule has 0 spiro atoms. The lowest BCUT2D eigenvalue weighted by Crippen LogP contribution is -2.48. The molecule has 18 heavy (non-hydrogen) atoms. The summed E-state index contributed by atoms with van der Waals surface area (Å²) in [6.45, 7) is 4.13. The summed E-state index contributed by atoms with van der Waals surface area (Å²) >= 11 is 0. The molecule has 0 saturated heterocycles. The van der Waals surface area contributed by atoms with Crippen molar-refractivity contribution in [1.29, 1.82) is 0 Å². The minimum atomic E-state index is -0.971. The van der Waals surface area contributed by atoms with Crippen LogP contribution in [0.15, 0.2) is 0 Å². The lowest BCUT2D eigenvalue weighted by Gasteiger charge is -2.27. The van der Waals surface area contributed by atoms with E-state index in [-0.39, 0.29) is 18.6 Å². The Kier molecular flexibility index (Phi) is 5.95. The average Bonchev–Trinajstić information content (AvgIpc) is 2.51. The van der Waals surface area contributed by atoms with Gasteiger partial charge in [0.1, 0.15) is 6.54 Å². The second-order valence-corrected chi connectivity index (χ2v) is 5.08. The lowest BCUT2D eigenvalue weighted by atomic mass is 9.97. The van der Waals surface area contributed by atoms with Crippen molar-refractivity contribution in [2.45, 2.75) is 52.0 Å². The summed E-state index contributed by atoms with van der Waals surface area (Å²) in [4.78, 5) is 24.0. The van der Waals surface area contributed by atoms with Crippen LogP contribution in [0.1, 0.15) is 46.0 Å². The van der Waals surface area contributed by atoms with Gasteiger partial charge < -0.3 is 15.3 Å². The first-order valence-electron chi connectivity index (χ1n) is 6.81. The van der Waals surface area contributed by atoms with Crippen LogP contribution in [0.5, 0.6) is 0 Å². The molecule has 0 bridgehead atoms. The largest absolute Gasteiger partial charge is 0.480 e. The van der Waals surface area contributed by atoms with Gasteiger partial charge in [0.15, 0.2) is 0 Å². The summed E-state index contributed by atoms with van der Waals surface area (Å²) in [6.07, 6.45) is 5.72. The van der Waals surface area contributed by atoms with E-state index in [2.05, 4.69) is 12.2 Å². The minimum Gasteiger partial charge on any atom is -0.480 e. The molecule has 1 aliphatic rings. The number of amides is 2. The molecule has 5 heteroatoms. The van der Waals surface area contributed by atoms with E-state index >= 15 is 0 Å². The van der Waals surface area contributed by atoms with Gasteiger partial charge in [-0.15, -0.1) is 0 Å². The van der Waals surface area contributed by atoms with Gasteiger partial charge in [0.25, 0.3) is 0 Å². The van der Waals surface area contributed by atoms with Crippen molar-refractivity contribution in [2.24, 2.45) is 5.92 Å². The van der Waals surface area contributed by atoms with Crippen molar-refractivity contribution in [3.63, 3.8) is 0 Å². The smallest absolute Gasteiger partial charge is 0.323 e. The molecule has 1 aliphatic carbocycles. The van der Waals surface area contributed by atoms with E-state index in [4.69, 9.17) is 5.11 Å². The minimum absolute atomic E-state index is 0.183. The fourth-order valence-electron chi connectivity index (χ4n) is 2.45. The number of aliphatic carboxylic acids is 1. The van der Waals surface area contributed by atoms with Gasteiger partial charge in [0.05, 0.1) is 0 Å². The van der Waals surface area contributed by atoms with Crippen LogP contribution in [-0.2, 0) is 4.79 Å². The number of carboxylic acids is 1. The number of rotatable bonds is 4. The number of nitrogens with one attached hydrogen (secondary N) is 1. The maximum Gasteiger partial charge on any atom is 0.323 e. The standard InChI is InChI=1S/C13H24N2O3/c1-3-15(9-12(16)17)13(18)14-11-8-6-4-5-7-10(11)2/h10-11H,3-9H2,1-2H3,(H,14,18)(H,16,17). The van der Waals surface area contributed by atoms with Crippen LogP contribution in [0, 0.1) is 5.92 Å². The Hall–Kier alpha value is -1.26. The number of carbonyl (C=O) groups excluding carboxylic acids is 1. The number of carbonyl (C=O) groups is 2. The Morgan fingerprint density at radius 1 is 1.28 bits per heavy atom. The highest BCUT2D eigenvalue weighted by Gasteiger charge is 2.24. The molecule has 1 rings (SSSR count). The number of hydrogen-bond acceptors (Lipinski definition) is 2. The van der Waals surface area contributed by atoms with Crippen LogP contribution in [0.25, 0.3) is 0 Å². The lowest BCUT2D eigenvalue weighted by molar-refractivity contribution is -0.137. The fourth-order valence-corrected chi connectivity index (χ4v) is 2.45. The third-order valence-electron chi connectivity index (χ3n) is 3.67. The maximum absolute atomic E-state index is 12.0. The van der Waals surface area contributed by atoms with Crippen molar-refractivity contribution in [3.8, 4) is 0 Å². The van der Waals surface area contributed by atoms with Crippen LogP contribution in [0.2, 0.25) is 0 Å². The van der Waals surface area contributed by atoms with E-state index in [9.17, 15) is 9.59 Å². The average molecular weight is 256 g/mol. The molecule has 2 amide bonds. The third-order valence-corrected chi connectivity index (χ3v) is 3.67. The van der Waals surface area contributed by atoms with E-state index in [1.165, 1.54) is 17.7 Å².